The van der Waals surface area contributed by atoms with Gasteiger partial charge in [-0.05, 0) is 32.1 Å². The lowest BCUT2D eigenvalue weighted by molar-refractivity contribution is -0.114. The zero-order valence-electron chi connectivity index (χ0n) is 11.4. The number of nitrogens with zero attached hydrogens (tertiary/aromatic N) is 2. The van der Waals surface area contributed by atoms with Crippen molar-refractivity contribution >= 4 is 23.9 Å². The van der Waals surface area contributed by atoms with E-state index in [0.29, 0.717) is 0 Å². The highest BCUT2D eigenvalue weighted by molar-refractivity contribution is 6.07. The minimum absolute atomic E-state index is 0.0586. The molecule has 20 heavy (non-hydrogen) atoms. The maximum absolute atomic E-state index is 12.1. The van der Waals surface area contributed by atoms with Crippen LogP contribution in [0, 0.1) is 0 Å². The van der Waals surface area contributed by atoms with Crippen molar-refractivity contribution in [1.29, 1.82) is 0 Å². The quantitative estimate of drug-likeness (QED) is 0.780. The van der Waals surface area contributed by atoms with E-state index in [1.165, 1.54) is 12.3 Å². The number of pyridine rings is 1. The molecule has 1 aromatic rings. The molecule has 0 aliphatic heterocycles. The molecule has 0 saturated carbocycles. The molecule has 0 spiro atoms. The van der Waals surface area contributed by atoms with Gasteiger partial charge in [0.2, 0.25) is 6.29 Å². The normalized spacial score (nSPS) is 9.95. The lowest BCUT2D eigenvalue weighted by Crippen LogP contribution is -2.36. The Labute approximate surface area is 117 Å². The van der Waals surface area contributed by atoms with E-state index in [2.05, 4.69) is 16.9 Å². The summed E-state index contributed by atoms with van der Waals surface area (Å²) in [7, 11) is 0. The summed E-state index contributed by atoms with van der Waals surface area (Å²) in [5, 5.41) is 2.71. The number of rotatable bonds is 6. The van der Waals surface area contributed by atoms with Gasteiger partial charge in [0.05, 0.1) is 12.1 Å². The van der Waals surface area contributed by atoms with E-state index >= 15 is 0 Å². The number of nitrogens with one attached hydrogen (secondary N) is 1. The first-order valence-corrected chi connectivity index (χ1v) is 6.06. The number of carbonyl (C=O) groups is 2. The fraction of sp³-hybridized carbons (Fsp3) is 0.286. The van der Waals surface area contributed by atoms with Gasteiger partial charge >= 0.3 is 0 Å². The third-order valence-electron chi connectivity index (χ3n) is 2.37. The Bertz CT molecular complexity index is 526. The Morgan fingerprint density at radius 1 is 1.55 bits per heavy atom. The number of carbonyl (C=O) groups excluding carboxylic acids is 3. The van der Waals surface area contributed by atoms with Crippen LogP contribution < -0.4 is 10.2 Å². The summed E-state index contributed by atoms with van der Waals surface area (Å²) in [6.45, 7) is 6.69. The summed E-state index contributed by atoms with van der Waals surface area (Å²) in [5.41, 5.74) is 0.214. The minimum atomic E-state index is -0.523. The van der Waals surface area contributed by atoms with Gasteiger partial charge < -0.3 is 5.32 Å². The summed E-state index contributed by atoms with van der Waals surface area (Å²) in [6.07, 6.45) is 4.12. The van der Waals surface area contributed by atoms with Crippen molar-refractivity contribution in [2.75, 3.05) is 11.4 Å². The van der Waals surface area contributed by atoms with Crippen LogP contribution in [-0.2, 0) is 9.59 Å². The fourth-order valence-corrected chi connectivity index (χ4v) is 1.56. The predicted octanol–water partition coefficient (Wildman–Crippen LogP) is 0.848. The molecule has 1 radical (unpaired) electrons. The van der Waals surface area contributed by atoms with Crippen molar-refractivity contribution in [2.24, 2.45) is 0 Å². The lowest BCUT2D eigenvalue weighted by Gasteiger charge is -2.20. The molecule has 6 nitrogen and oxygen atoms in total. The fourth-order valence-electron chi connectivity index (χ4n) is 1.56. The van der Waals surface area contributed by atoms with Gasteiger partial charge in [-0.15, -0.1) is 0 Å². The van der Waals surface area contributed by atoms with E-state index in [1.807, 2.05) is 13.8 Å². The molecule has 6 heteroatoms. The second kappa shape index (κ2) is 7.18. The van der Waals surface area contributed by atoms with Crippen molar-refractivity contribution in [3.8, 4) is 0 Å². The smallest absolute Gasteiger partial charge is 0.255 e. The zero-order valence-corrected chi connectivity index (χ0v) is 11.4. The van der Waals surface area contributed by atoms with Crippen LogP contribution in [0.2, 0.25) is 0 Å². The van der Waals surface area contributed by atoms with E-state index in [1.54, 1.807) is 12.4 Å². The second-order valence-electron chi connectivity index (χ2n) is 4.28. The van der Waals surface area contributed by atoms with Gasteiger partial charge in [-0.25, -0.2) is 4.98 Å². The average Bonchev–Trinajstić information content (AvgIpc) is 2.43. The van der Waals surface area contributed by atoms with Crippen LogP contribution in [-0.4, -0.2) is 35.7 Å². The highest BCUT2D eigenvalue weighted by Gasteiger charge is 2.21. The molecular formula is C14H16N3O3. The molecule has 1 heterocycles. The molecule has 0 unspecified atom stereocenters. The minimum Gasteiger partial charge on any atom is -0.350 e. The van der Waals surface area contributed by atoms with Gasteiger partial charge in [0.25, 0.3) is 11.8 Å². The van der Waals surface area contributed by atoms with Gasteiger partial charge in [0.1, 0.15) is 5.82 Å². The number of amides is 2. The molecular weight excluding hydrogens is 258 g/mol. The first-order chi connectivity index (χ1) is 9.51. The van der Waals surface area contributed by atoms with E-state index in [9.17, 15) is 14.4 Å². The Morgan fingerprint density at radius 3 is 2.80 bits per heavy atom. The maximum Gasteiger partial charge on any atom is 0.255 e. The van der Waals surface area contributed by atoms with E-state index in [4.69, 9.17) is 0 Å². The zero-order chi connectivity index (χ0) is 15.1. The molecule has 0 aromatic carbocycles. The maximum atomic E-state index is 12.1. The largest absolute Gasteiger partial charge is 0.350 e. The lowest BCUT2D eigenvalue weighted by atomic mass is 10.2. The van der Waals surface area contributed by atoms with Crippen LogP contribution in [0.15, 0.2) is 31.0 Å². The molecule has 1 aromatic heterocycles. The van der Waals surface area contributed by atoms with Crippen LogP contribution in [0.5, 0.6) is 0 Å². The number of aromatic nitrogens is 1. The SMILES string of the molecule is C=CC(=O)N(C[C]=O)c1ncccc1C(=O)NC(C)C. The first-order valence-electron chi connectivity index (χ1n) is 6.06. The van der Waals surface area contributed by atoms with Crippen LogP contribution in [0.3, 0.4) is 0 Å². The topological polar surface area (TPSA) is 79.4 Å². The Balaban J connectivity index is 3.21. The Morgan fingerprint density at radius 2 is 2.25 bits per heavy atom. The predicted molar refractivity (Wildman–Crippen MR) is 75.1 cm³/mol. The van der Waals surface area contributed by atoms with Gasteiger partial charge in [0.15, 0.2) is 0 Å². The third-order valence-corrected chi connectivity index (χ3v) is 2.37. The van der Waals surface area contributed by atoms with Crippen LogP contribution in [0.25, 0.3) is 0 Å². The third kappa shape index (κ3) is 3.74. The van der Waals surface area contributed by atoms with Crippen LogP contribution >= 0.6 is 0 Å². The molecule has 1 N–H and O–H groups in total. The molecule has 0 aliphatic rings. The Hall–Kier alpha value is -2.50. The van der Waals surface area contributed by atoms with Gasteiger partial charge in [0, 0.05) is 12.2 Å². The number of hydrogen-bond acceptors (Lipinski definition) is 4. The van der Waals surface area contributed by atoms with Crippen molar-refractivity contribution < 1.29 is 14.4 Å². The van der Waals surface area contributed by atoms with Crippen LogP contribution in [0.1, 0.15) is 24.2 Å². The Kier molecular flexibility index (Phi) is 5.58. The molecule has 0 atom stereocenters. The van der Waals surface area contributed by atoms with E-state index in [0.717, 1.165) is 11.0 Å². The monoisotopic (exact) mass is 274 g/mol. The summed E-state index contributed by atoms with van der Waals surface area (Å²) >= 11 is 0. The molecule has 1 rings (SSSR count). The van der Waals surface area contributed by atoms with Crippen molar-refractivity contribution in [3.63, 3.8) is 0 Å². The van der Waals surface area contributed by atoms with Gasteiger partial charge in [-0.2, -0.15) is 0 Å². The first kappa shape index (κ1) is 15.6. The standard InChI is InChI=1S/C14H16N3O3/c1-4-12(19)17(8-9-18)13-11(6-5-7-15-13)14(20)16-10(2)3/h4-7,10H,1,8H2,2-3H3,(H,16,20). The molecule has 2 amide bonds. The molecule has 105 valence electrons. The summed E-state index contributed by atoms with van der Waals surface area (Å²) in [4.78, 5) is 39.5. The van der Waals surface area contributed by atoms with Gasteiger partial charge in [-0.1, -0.05) is 6.58 Å². The second-order valence-corrected chi connectivity index (χ2v) is 4.28. The highest BCUT2D eigenvalue weighted by Crippen LogP contribution is 2.17. The molecule has 0 bridgehead atoms. The summed E-state index contributed by atoms with van der Waals surface area (Å²) in [5.74, 6) is -0.777. The van der Waals surface area contributed by atoms with Crippen molar-refractivity contribution in [1.82, 2.24) is 10.3 Å². The van der Waals surface area contributed by atoms with Crippen LogP contribution in [0.4, 0.5) is 5.82 Å². The van der Waals surface area contributed by atoms with Gasteiger partial charge in [-0.3, -0.25) is 19.3 Å². The number of anilines is 1. The van der Waals surface area contributed by atoms with E-state index < -0.39 is 5.91 Å². The molecule has 0 aliphatic carbocycles. The van der Waals surface area contributed by atoms with E-state index in [-0.39, 0.29) is 29.9 Å². The summed E-state index contributed by atoms with van der Waals surface area (Å²) < 4.78 is 0. The summed E-state index contributed by atoms with van der Waals surface area (Å²) in [6, 6.07) is 3.06. The highest BCUT2D eigenvalue weighted by atomic mass is 16.2. The number of hydrogen-bond donors (Lipinski definition) is 1. The van der Waals surface area contributed by atoms with Crippen molar-refractivity contribution in [3.05, 3.63) is 36.5 Å². The molecule has 0 fully saturated rings. The van der Waals surface area contributed by atoms with Crippen molar-refractivity contribution in [2.45, 2.75) is 19.9 Å². The average molecular weight is 274 g/mol. The molecule has 0 saturated heterocycles.